The van der Waals surface area contributed by atoms with E-state index in [9.17, 15) is 8.42 Å². The summed E-state index contributed by atoms with van der Waals surface area (Å²) in [5, 5.41) is 8.33. The molecule has 0 amide bonds. The van der Waals surface area contributed by atoms with Crippen molar-refractivity contribution >= 4 is 27.1 Å². The molecule has 0 aliphatic rings. The zero-order valence-corrected chi connectivity index (χ0v) is 14.9. The minimum absolute atomic E-state index is 0.0879. The van der Waals surface area contributed by atoms with Gasteiger partial charge in [-0.1, -0.05) is 6.07 Å². The van der Waals surface area contributed by atoms with Crippen LogP contribution in [0.25, 0.3) is 0 Å². The highest BCUT2D eigenvalue weighted by Crippen LogP contribution is 2.18. The third kappa shape index (κ3) is 5.32. The van der Waals surface area contributed by atoms with E-state index >= 15 is 0 Å². The van der Waals surface area contributed by atoms with Crippen LogP contribution in [-0.2, 0) is 9.84 Å². The Balaban J connectivity index is 2.50. The van der Waals surface area contributed by atoms with E-state index in [1.54, 1.807) is 39.2 Å². The van der Waals surface area contributed by atoms with E-state index in [2.05, 4.69) is 21.7 Å². The molecule has 120 valence electrons. The first kappa shape index (κ1) is 18.0. The summed E-state index contributed by atoms with van der Waals surface area (Å²) in [5.41, 5.74) is 0. The van der Waals surface area contributed by atoms with Crippen molar-refractivity contribution in [2.75, 3.05) is 19.3 Å². The fraction of sp³-hybridized carbons (Fsp3) is 0.643. The van der Waals surface area contributed by atoms with Gasteiger partial charge >= 0.3 is 0 Å². The maximum absolute atomic E-state index is 12.0. The third-order valence-electron chi connectivity index (χ3n) is 3.14. The molecule has 0 spiro atoms. The number of hydrogen-bond donors (Lipinski definition) is 2. The second-order valence-electron chi connectivity index (χ2n) is 5.81. The van der Waals surface area contributed by atoms with Gasteiger partial charge in [-0.3, -0.25) is 4.99 Å². The molecule has 0 aliphatic carbocycles. The Kier molecular flexibility index (Phi) is 6.22. The maximum atomic E-state index is 12.0. The topological polar surface area (TPSA) is 70.6 Å². The van der Waals surface area contributed by atoms with Crippen LogP contribution in [0.5, 0.6) is 0 Å². The van der Waals surface area contributed by atoms with E-state index in [1.807, 2.05) is 18.4 Å². The van der Waals surface area contributed by atoms with Crippen LogP contribution in [0.2, 0.25) is 0 Å². The predicted molar refractivity (Wildman–Crippen MR) is 90.8 cm³/mol. The Morgan fingerprint density at radius 1 is 1.43 bits per heavy atom. The summed E-state index contributed by atoms with van der Waals surface area (Å²) in [7, 11) is -1.44. The largest absolute Gasteiger partial charge is 0.355 e. The molecule has 1 rings (SSSR count). The lowest BCUT2D eigenvalue weighted by atomic mass is 10.3. The minimum atomic E-state index is -3.12. The number of sulfone groups is 1. The first-order chi connectivity index (χ1) is 9.67. The standard InChI is InChI=1S/C14H25N3O2S2/c1-11(12-7-6-9-20-12)17-13(15-5)16-8-10-21(18,19)14(2,3)4/h6-7,9,11H,8,10H2,1-5H3,(H2,15,16,17). The molecule has 2 N–H and O–H groups in total. The monoisotopic (exact) mass is 331 g/mol. The molecule has 0 saturated heterocycles. The van der Waals surface area contributed by atoms with Crippen LogP contribution < -0.4 is 10.6 Å². The molecule has 21 heavy (non-hydrogen) atoms. The molecule has 1 unspecified atom stereocenters. The van der Waals surface area contributed by atoms with Crippen molar-refractivity contribution in [1.82, 2.24) is 10.6 Å². The molecule has 0 aliphatic heterocycles. The number of guanidine groups is 1. The molecule has 1 atom stereocenters. The number of nitrogens with one attached hydrogen (secondary N) is 2. The number of thiophene rings is 1. The first-order valence-electron chi connectivity index (χ1n) is 6.90. The van der Waals surface area contributed by atoms with Crippen molar-refractivity contribution in [2.24, 2.45) is 4.99 Å². The van der Waals surface area contributed by atoms with Gasteiger partial charge in [0.25, 0.3) is 0 Å². The molecule has 0 saturated carbocycles. The van der Waals surface area contributed by atoms with E-state index < -0.39 is 14.6 Å². The minimum Gasteiger partial charge on any atom is -0.355 e. The van der Waals surface area contributed by atoms with Crippen LogP contribution in [0.15, 0.2) is 22.5 Å². The Labute approximate surface area is 131 Å². The van der Waals surface area contributed by atoms with E-state index in [0.29, 0.717) is 12.5 Å². The van der Waals surface area contributed by atoms with Gasteiger partial charge in [-0.2, -0.15) is 0 Å². The molecule has 0 radical (unpaired) electrons. The van der Waals surface area contributed by atoms with E-state index in [0.717, 1.165) is 0 Å². The van der Waals surface area contributed by atoms with Crippen molar-refractivity contribution in [1.29, 1.82) is 0 Å². The lowest BCUT2D eigenvalue weighted by Gasteiger charge is -2.20. The molecular weight excluding hydrogens is 306 g/mol. The van der Waals surface area contributed by atoms with Crippen LogP contribution in [0, 0.1) is 0 Å². The smallest absolute Gasteiger partial charge is 0.191 e. The van der Waals surface area contributed by atoms with E-state index in [1.165, 1.54) is 4.88 Å². The van der Waals surface area contributed by atoms with Crippen LogP contribution in [0.1, 0.15) is 38.6 Å². The van der Waals surface area contributed by atoms with Gasteiger partial charge in [0.05, 0.1) is 16.5 Å². The Hall–Kier alpha value is -1.08. The Bertz CT molecular complexity index is 558. The fourth-order valence-electron chi connectivity index (χ4n) is 1.62. The molecule has 0 aromatic carbocycles. The third-order valence-corrected chi connectivity index (χ3v) is 6.81. The lowest BCUT2D eigenvalue weighted by molar-refractivity contribution is 0.558. The highest BCUT2D eigenvalue weighted by atomic mass is 32.2. The van der Waals surface area contributed by atoms with Gasteiger partial charge < -0.3 is 10.6 Å². The molecule has 0 fully saturated rings. The summed E-state index contributed by atoms with van der Waals surface area (Å²) < 4.78 is 23.3. The molecule has 1 heterocycles. The van der Waals surface area contributed by atoms with Crippen LogP contribution in [0.4, 0.5) is 0 Å². The van der Waals surface area contributed by atoms with E-state index in [-0.39, 0.29) is 11.8 Å². The second kappa shape index (κ2) is 7.26. The Morgan fingerprint density at radius 3 is 2.57 bits per heavy atom. The average molecular weight is 332 g/mol. The summed E-state index contributed by atoms with van der Waals surface area (Å²) in [6, 6.07) is 4.19. The highest BCUT2D eigenvalue weighted by Gasteiger charge is 2.28. The summed E-state index contributed by atoms with van der Waals surface area (Å²) in [5.74, 6) is 0.699. The van der Waals surface area contributed by atoms with Crippen molar-refractivity contribution in [3.63, 3.8) is 0 Å². The normalized spacial score (nSPS) is 14.8. The lowest BCUT2D eigenvalue weighted by Crippen LogP contribution is -2.42. The first-order valence-corrected chi connectivity index (χ1v) is 9.43. The van der Waals surface area contributed by atoms with Gasteiger partial charge in [0.2, 0.25) is 0 Å². The van der Waals surface area contributed by atoms with Gasteiger partial charge in [0.1, 0.15) is 0 Å². The average Bonchev–Trinajstić information content (AvgIpc) is 2.89. The zero-order chi connectivity index (χ0) is 16.1. The van der Waals surface area contributed by atoms with Gasteiger partial charge in [0.15, 0.2) is 15.8 Å². The van der Waals surface area contributed by atoms with Crippen molar-refractivity contribution in [3.8, 4) is 0 Å². The van der Waals surface area contributed by atoms with Crippen molar-refractivity contribution in [2.45, 2.75) is 38.5 Å². The highest BCUT2D eigenvalue weighted by molar-refractivity contribution is 7.92. The molecule has 1 aromatic rings. The number of nitrogens with zero attached hydrogens (tertiary/aromatic N) is 1. The van der Waals surface area contributed by atoms with Gasteiger partial charge in [0, 0.05) is 18.5 Å². The number of aliphatic imine (C=N–C) groups is 1. The molecule has 5 nitrogen and oxygen atoms in total. The zero-order valence-electron chi connectivity index (χ0n) is 13.3. The van der Waals surface area contributed by atoms with Crippen LogP contribution >= 0.6 is 11.3 Å². The van der Waals surface area contributed by atoms with E-state index in [4.69, 9.17) is 0 Å². The molecular formula is C14H25N3O2S2. The van der Waals surface area contributed by atoms with Crippen molar-refractivity contribution in [3.05, 3.63) is 22.4 Å². The van der Waals surface area contributed by atoms with Gasteiger partial charge in [-0.25, -0.2) is 8.42 Å². The summed E-state index contributed by atoms with van der Waals surface area (Å²) in [4.78, 5) is 5.33. The predicted octanol–water partition coefficient (Wildman–Crippen LogP) is 2.19. The number of hydrogen-bond acceptors (Lipinski definition) is 4. The quantitative estimate of drug-likeness (QED) is 0.641. The Morgan fingerprint density at radius 2 is 2.10 bits per heavy atom. The molecule has 7 heteroatoms. The summed E-state index contributed by atoms with van der Waals surface area (Å²) in [6.45, 7) is 7.54. The second-order valence-corrected chi connectivity index (χ2v) is 9.65. The summed E-state index contributed by atoms with van der Waals surface area (Å²) in [6.07, 6.45) is 0. The SMILES string of the molecule is CN=C(NCCS(=O)(=O)C(C)(C)C)NC(C)c1cccs1. The summed E-state index contributed by atoms with van der Waals surface area (Å²) >= 11 is 1.67. The van der Waals surface area contributed by atoms with Gasteiger partial charge in [-0.05, 0) is 39.1 Å². The van der Waals surface area contributed by atoms with Gasteiger partial charge in [-0.15, -0.1) is 11.3 Å². The molecule has 0 bridgehead atoms. The van der Waals surface area contributed by atoms with Crippen LogP contribution in [0.3, 0.4) is 0 Å². The fourth-order valence-corrected chi connectivity index (χ4v) is 3.34. The molecule has 1 aromatic heterocycles. The van der Waals surface area contributed by atoms with Crippen molar-refractivity contribution < 1.29 is 8.42 Å². The van der Waals surface area contributed by atoms with Crippen LogP contribution in [-0.4, -0.2) is 38.5 Å². The maximum Gasteiger partial charge on any atom is 0.191 e. The number of rotatable bonds is 5.